The van der Waals surface area contributed by atoms with Gasteiger partial charge in [-0.15, -0.1) is 0 Å². The van der Waals surface area contributed by atoms with Crippen LogP contribution in [0.2, 0.25) is 0 Å². The van der Waals surface area contributed by atoms with E-state index >= 15 is 0 Å². The summed E-state index contributed by atoms with van der Waals surface area (Å²) in [5.74, 6) is -1.74. The maximum absolute atomic E-state index is 12.8. The van der Waals surface area contributed by atoms with Crippen LogP contribution in [-0.4, -0.2) is 58.4 Å². The van der Waals surface area contributed by atoms with Crippen molar-refractivity contribution in [2.45, 2.75) is 32.7 Å². The van der Waals surface area contributed by atoms with Crippen molar-refractivity contribution in [1.82, 2.24) is 19.9 Å². The SMILES string of the molecule is CCN(Cc1cnc2nc(N)nc(N)c2n1)c1ccc(C(=O)CC(CCC(=O)OC)C(=O)OC)cc1. The number of anilines is 3. The number of hydrogen-bond acceptors (Lipinski definition) is 12. The second-order valence-corrected chi connectivity index (χ2v) is 8.02. The molecule has 0 aliphatic rings. The molecule has 3 rings (SSSR count). The van der Waals surface area contributed by atoms with Gasteiger partial charge in [0.2, 0.25) is 5.95 Å². The summed E-state index contributed by atoms with van der Waals surface area (Å²) in [6, 6.07) is 7.06. The van der Waals surface area contributed by atoms with E-state index in [0.717, 1.165) is 5.69 Å². The van der Waals surface area contributed by atoms with Crippen molar-refractivity contribution in [2.24, 2.45) is 5.92 Å². The van der Waals surface area contributed by atoms with Gasteiger partial charge in [-0.2, -0.15) is 9.97 Å². The molecular formula is C24H29N7O5. The number of carbonyl (C=O) groups excluding carboxylic acids is 3. The summed E-state index contributed by atoms with van der Waals surface area (Å²) >= 11 is 0. The third-order valence-corrected chi connectivity index (χ3v) is 5.68. The molecule has 12 nitrogen and oxygen atoms in total. The standard InChI is InChI=1S/C24H29N7O5/c1-4-31(13-16-12-27-22-20(28-16)21(25)29-24(26)30-22)17-8-5-14(6-9-17)18(32)11-15(23(34)36-3)7-10-19(33)35-2/h5-6,8-9,12,15H,4,7,10-11,13H2,1-3H3,(H4,25,26,27,29,30). The Morgan fingerprint density at radius 1 is 1.03 bits per heavy atom. The van der Waals surface area contributed by atoms with E-state index in [1.165, 1.54) is 14.2 Å². The molecule has 0 saturated heterocycles. The first-order valence-corrected chi connectivity index (χ1v) is 11.3. The average Bonchev–Trinajstić information content (AvgIpc) is 2.89. The quantitative estimate of drug-likeness (QED) is 0.292. The number of methoxy groups -OCH3 is 2. The van der Waals surface area contributed by atoms with E-state index in [-0.39, 0.29) is 36.8 Å². The van der Waals surface area contributed by atoms with Gasteiger partial charge in [-0.25, -0.2) is 9.97 Å². The summed E-state index contributed by atoms with van der Waals surface area (Å²) in [5, 5.41) is 0. The summed E-state index contributed by atoms with van der Waals surface area (Å²) < 4.78 is 9.41. The van der Waals surface area contributed by atoms with Crippen LogP contribution in [0.25, 0.3) is 11.2 Å². The largest absolute Gasteiger partial charge is 0.469 e. The van der Waals surface area contributed by atoms with Crippen molar-refractivity contribution in [3.63, 3.8) is 0 Å². The highest BCUT2D eigenvalue weighted by atomic mass is 16.5. The zero-order chi connectivity index (χ0) is 26.2. The maximum atomic E-state index is 12.8. The number of Topliss-reactive ketones (excluding diaryl/α,β-unsaturated/α-hetero) is 1. The van der Waals surface area contributed by atoms with Crippen molar-refractivity contribution in [1.29, 1.82) is 0 Å². The van der Waals surface area contributed by atoms with E-state index in [4.69, 9.17) is 16.2 Å². The minimum absolute atomic E-state index is 0.0246. The highest BCUT2D eigenvalue weighted by Crippen LogP contribution is 2.22. The summed E-state index contributed by atoms with van der Waals surface area (Å²) in [7, 11) is 2.53. The fourth-order valence-electron chi connectivity index (χ4n) is 3.70. The number of nitrogens with zero attached hydrogens (tertiary/aromatic N) is 5. The number of ketones is 1. The summed E-state index contributed by atoms with van der Waals surface area (Å²) in [5.41, 5.74) is 14.2. The zero-order valence-electron chi connectivity index (χ0n) is 20.4. The van der Waals surface area contributed by atoms with E-state index in [2.05, 4.69) is 24.7 Å². The van der Waals surface area contributed by atoms with Gasteiger partial charge in [0.25, 0.3) is 0 Å². The molecule has 0 bridgehead atoms. The fraction of sp³-hybridized carbons (Fsp3) is 0.375. The van der Waals surface area contributed by atoms with Crippen LogP contribution < -0.4 is 16.4 Å². The molecule has 4 N–H and O–H groups in total. The van der Waals surface area contributed by atoms with Crippen LogP contribution in [0.4, 0.5) is 17.5 Å². The number of rotatable bonds is 11. The Morgan fingerprint density at radius 3 is 2.39 bits per heavy atom. The van der Waals surface area contributed by atoms with Gasteiger partial charge in [-0.1, -0.05) is 0 Å². The Kier molecular flexibility index (Phi) is 8.66. The van der Waals surface area contributed by atoms with Crippen molar-refractivity contribution < 1.29 is 23.9 Å². The second-order valence-electron chi connectivity index (χ2n) is 8.02. The van der Waals surface area contributed by atoms with E-state index in [0.29, 0.717) is 35.5 Å². The molecule has 0 spiro atoms. The number of aromatic nitrogens is 4. The Labute approximate surface area is 208 Å². The van der Waals surface area contributed by atoms with Gasteiger partial charge >= 0.3 is 11.9 Å². The van der Waals surface area contributed by atoms with Crippen molar-refractivity contribution in [3.05, 3.63) is 41.7 Å². The number of fused-ring (bicyclic) bond motifs is 1. The van der Waals surface area contributed by atoms with E-state index < -0.39 is 17.9 Å². The normalized spacial score (nSPS) is 11.6. The molecule has 2 aromatic heterocycles. The van der Waals surface area contributed by atoms with Gasteiger partial charge in [0, 0.05) is 30.6 Å². The van der Waals surface area contributed by atoms with Gasteiger partial charge in [0.15, 0.2) is 22.8 Å². The van der Waals surface area contributed by atoms with Crippen LogP contribution >= 0.6 is 0 Å². The van der Waals surface area contributed by atoms with Gasteiger partial charge < -0.3 is 25.8 Å². The predicted octanol–water partition coefficient (Wildman–Crippen LogP) is 1.93. The molecule has 2 heterocycles. The smallest absolute Gasteiger partial charge is 0.309 e. The monoisotopic (exact) mass is 495 g/mol. The Balaban J connectivity index is 1.71. The Bertz CT molecular complexity index is 1250. The molecule has 36 heavy (non-hydrogen) atoms. The minimum atomic E-state index is -0.730. The lowest BCUT2D eigenvalue weighted by molar-refractivity contribution is -0.146. The number of benzene rings is 1. The van der Waals surface area contributed by atoms with E-state index in [1.807, 2.05) is 24.0 Å². The van der Waals surface area contributed by atoms with E-state index in [1.54, 1.807) is 18.3 Å². The number of nitrogens with two attached hydrogens (primary N) is 2. The van der Waals surface area contributed by atoms with Gasteiger partial charge in [0.05, 0.1) is 38.6 Å². The number of nitrogen functional groups attached to an aromatic ring is 2. The highest BCUT2D eigenvalue weighted by Gasteiger charge is 2.24. The molecule has 0 fully saturated rings. The van der Waals surface area contributed by atoms with Gasteiger partial charge in [0.1, 0.15) is 0 Å². The average molecular weight is 496 g/mol. The summed E-state index contributed by atoms with van der Waals surface area (Å²) in [6.07, 6.45) is 1.73. The Morgan fingerprint density at radius 2 is 1.75 bits per heavy atom. The topological polar surface area (TPSA) is 177 Å². The number of ether oxygens (including phenoxy) is 2. The highest BCUT2D eigenvalue weighted by molar-refractivity contribution is 5.98. The van der Waals surface area contributed by atoms with Crippen molar-refractivity contribution >= 4 is 46.3 Å². The van der Waals surface area contributed by atoms with Crippen LogP contribution in [0, 0.1) is 5.92 Å². The summed E-state index contributed by atoms with van der Waals surface area (Å²) in [6.45, 7) is 3.10. The van der Waals surface area contributed by atoms with Crippen molar-refractivity contribution in [2.75, 3.05) is 37.1 Å². The van der Waals surface area contributed by atoms with Crippen LogP contribution in [-0.2, 0) is 25.6 Å². The second kappa shape index (κ2) is 11.9. The van der Waals surface area contributed by atoms with Crippen LogP contribution in [0.15, 0.2) is 30.5 Å². The molecule has 0 aliphatic heterocycles. The molecule has 12 heteroatoms. The number of esters is 2. The third kappa shape index (κ3) is 6.40. The molecule has 0 radical (unpaired) electrons. The molecule has 0 amide bonds. The van der Waals surface area contributed by atoms with Crippen LogP contribution in [0.1, 0.15) is 42.2 Å². The van der Waals surface area contributed by atoms with Crippen molar-refractivity contribution in [3.8, 4) is 0 Å². The number of hydrogen-bond donors (Lipinski definition) is 2. The van der Waals surface area contributed by atoms with Gasteiger partial charge in [-0.05, 0) is 37.6 Å². The molecule has 1 atom stereocenters. The fourth-order valence-corrected chi connectivity index (χ4v) is 3.70. The predicted molar refractivity (Wildman–Crippen MR) is 133 cm³/mol. The molecule has 1 unspecified atom stereocenters. The van der Waals surface area contributed by atoms with Gasteiger partial charge in [-0.3, -0.25) is 14.4 Å². The molecule has 0 saturated carbocycles. The summed E-state index contributed by atoms with van der Waals surface area (Å²) in [4.78, 5) is 55.2. The maximum Gasteiger partial charge on any atom is 0.309 e. The number of carbonyl (C=O) groups is 3. The molecule has 1 aromatic carbocycles. The zero-order valence-corrected chi connectivity index (χ0v) is 20.4. The van der Waals surface area contributed by atoms with Crippen LogP contribution in [0.5, 0.6) is 0 Å². The third-order valence-electron chi connectivity index (χ3n) is 5.68. The molecule has 190 valence electrons. The lowest BCUT2D eigenvalue weighted by Crippen LogP contribution is -2.23. The molecular weight excluding hydrogens is 466 g/mol. The lowest BCUT2D eigenvalue weighted by Gasteiger charge is -2.23. The van der Waals surface area contributed by atoms with Crippen LogP contribution in [0.3, 0.4) is 0 Å². The first-order valence-electron chi connectivity index (χ1n) is 11.3. The Hall–Kier alpha value is -4.35. The molecule has 0 aliphatic carbocycles. The molecule has 3 aromatic rings. The first kappa shape index (κ1) is 26.3. The lowest BCUT2D eigenvalue weighted by atomic mass is 9.94. The minimum Gasteiger partial charge on any atom is -0.469 e. The first-order chi connectivity index (χ1) is 17.2. The van der Waals surface area contributed by atoms with E-state index in [9.17, 15) is 14.4 Å².